The molecular weight excluding hydrogens is 265 g/mol. The van der Waals surface area contributed by atoms with E-state index in [9.17, 15) is 13.2 Å². The Morgan fingerprint density at radius 1 is 1.00 bits per heavy atom. The molecule has 1 aliphatic rings. The lowest BCUT2D eigenvalue weighted by Crippen LogP contribution is -2.09. The fraction of sp³-hybridized carbons (Fsp3) is 0.200. The average Bonchev–Trinajstić information content (AvgIpc) is 2.78. The number of hydrogen-bond acceptors (Lipinski definition) is 2. The van der Waals surface area contributed by atoms with Gasteiger partial charge in [-0.05, 0) is 36.1 Å². The molecule has 0 bridgehead atoms. The molecule has 2 aromatic rings. The molecule has 1 atom stereocenters. The van der Waals surface area contributed by atoms with Crippen LogP contribution in [0.1, 0.15) is 23.6 Å². The maximum absolute atomic E-state index is 13.6. The van der Waals surface area contributed by atoms with E-state index in [2.05, 4.69) is 5.32 Å². The zero-order valence-corrected chi connectivity index (χ0v) is 10.6. The van der Waals surface area contributed by atoms with Crippen LogP contribution < -0.4 is 11.1 Å². The van der Waals surface area contributed by atoms with Crippen molar-refractivity contribution in [2.45, 2.75) is 18.9 Å². The second-order valence-electron chi connectivity index (χ2n) is 4.94. The first-order valence-corrected chi connectivity index (χ1v) is 6.34. The van der Waals surface area contributed by atoms with Gasteiger partial charge in [0.2, 0.25) is 0 Å². The van der Waals surface area contributed by atoms with Crippen molar-refractivity contribution in [2.75, 3.05) is 11.1 Å². The summed E-state index contributed by atoms with van der Waals surface area (Å²) < 4.78 is 39.7. The van der Waals surface area contributed by atoms with Gasteiger partial charge in [-0.25, -0.2) is 13.2 Å². The number of anilines is 2. The lowest BCUT2D eigenvalue weighted by Gasteiger charge is -2.16. The molecule has 0 radical (unpaired) electrons. The van der Waals surface area contributed by atoms with Crippen LogP contribution in [0, 0.1) is 17.5 Å². The molecule has 5 heteroatoms. The topological polar surface area (TPSA) is 38.0 Å². The molecule has 0 spiro atoms. The molecule has 0 saturated carbocycles. The Hall–Kier alpha value is -2.17. The van der Waals surface area contributed by atoms with Crippen LogP contribution >= 0.6 is 0 Å². The molecule has 1 unspecified atom stereocenters. The number of hydrogen-bond donors (Lipinski definition) is 2. The van der Waals surface area contributed by atoms with Gasteiger partial charge in [0.25, 0.3) is 0 Å². The predicted molar refractivity (Wildman–Crippen MR) is 71.9 cm³/mol. The van der Waals surface area contributed by atoms with Crippen molar-refractivity contribution >= 4 is 11.4 Å². The molecule has 3 N–H and O–H groups in total. The normalized spacial score (nSPS) is 17.1. The Labute approximate surface area is 114 Å². The predicted octanol–water partition coefficient (Wildman–Crippen LogP) is 3.79. The van der Waals surface area contributed by atoms with Gasteiger partial charge in [0.15, 0.2) is 11.6 Å². The summed E-state index contributed by atoms with van der Waals surface area (Å²) in [6.45, 7) is 0. The summed E-state index contributed by atoms with van der Waals surface area (Å²) in [5, 5.41) is 2.93. The van der Waals surface area contributed by atoms with Gasteiger partial charge in [0.05, 0.1) is 11.7 Å². The van der Waals surface area contributed by atoms with E-state index in [0.29, 0.717) is 11.8 Å². The first-order chi connectivity index (χ1) is 9.54. The largest absolute Gasteiger partial charge is 0.399 e. The van der Waals surface area contributed by atoms with Crippen LogP contribution in [0.3, 0.4) is 0 Å². The SMILES string of the molecule is Nc1ccc2c(c1)CCC2Nc1cc(F)c(F)cc1F. The van der Waals surface area contributed by atoms with Crippen LogP contribution in [0.2, 0.25) is 0 Å². The highest BCUT2D eigenvalue weighted by molar-refractivity contribution is 5.53. The Bertz CT molecular complexity index is 670. The zero-order chi connectivity index (χ0) is 14.3. The fourth-order valence-corrected chi connectivity index (χ4v) is 2.61. The van der Waals surface area contributed by atoms with E-state index in [0.717, 1.165) is 30.0 Å². The van der Waals surface area contributed by atoms with Gasteiger partial charge in [0, 0.05) is 17.8 Å². The molecule has 0 saturated heterocycles. The van der Waals surface area contributed by atoms with E-state index in [4.69, 9.17) is 5.73 Å². The van der Waals surface area contributed by atoms with Gasteiger partial charge in [-0.2, -0.15) is 0 Å². The minimum Gasteiger partial charge on any atom is -0.399 e. The second-order valence-corrected chi connectivity index (χ2v) is 4.94. The van der Waals surface area contributed by atoms with Crippen LogP contribution in [0.25, 0.3) is 0 Å². The molecule has 0 fully saturated rings. The standard InChI is InChI=1S/C15H13F3N2/c16-11-6-13(18)15(7-12(11)17)20-14-4-1-8-5-9(19)2-3-10(8)14/h2-3,5-7,14,20H,1,4,19H2. The molecule has 2 nitrogen and oxygen atoms in total. The number of halogens is 3. The highest BCUT2D eigenvalue weighted by Crippen LogP contribution is 2.35. The van der Waals surface area contributed by atoms with Crippen LogP contribution in [0.15, 0.2) is 30.3 Å². The van der Waals surface area contributed by atoms with Gasteiger partial charge >= 0.3 is 0 Å². The van der Waals surface area contributed by atoms with Crippen molar-refractivity contribution < 1.29 is 13.2 Å². The molecule has 0 aromatic heterocycles. The third kappa shape index (κ3) is 2.19. The average molecular weight is 278 g/mol. The lowest BCUT2D eigenvalue weighted by atomic mass is 10.1. The number of nitrogen functional groups attached to an aromatic ring is 1. The molecule has 3 rings (SSSR count). The van der Waals surface area contributed by atoms with Crippen LogP contribution in [-0.2, 0) is 6.42 Å². The summed E-state index contributed by atoms with van der Waals surface area (Å²) in [6, 6.07) is 6.83. The molecule has 0 amide bonds. The van der Waals surface area contributed by atoms with Gasteiger partial charge < -0.3 is 11.1 Å². The van der Waals surface area contributed by atoms with Gasteiger partial charge in [-0.15, -0.1) is 0 Å². The first kappa shape index (κ1) is 12.8. The Kier molecular flexibility index (Phi) is 3.04. The number of nitrogens with two attached hydrogens (primary N) is 1. The summed E-state index contributed by atoms with van der Waals surface area (Å²) in [6.07, 6.45) is 1.58. The summed E-state index contributed by atoms with van der Waals surface area (Å²) >= 11 is 0. The van der Waals surface area contributed by atoms with Crippen molar-refractivity contribution in [3.8, 4) is 0 Å². The quantitative estimate of drug-likeness (QED) is 0.648. The summed E-state index contributed by atoms with van der Waals surface area (Å²) in [7, 11) is 0. The highest BCUT2D eigenvalue weighted by Gasteiger charge is 2.23. The summed E-state index contributed by atoms with van der Waals surface area (Å²) in [5.74, 6) is -3.05. The fourth-order valence-electron chi connectivity index (χ4n) is 2.61. The second kappa shape index (κ2) is 4.74. The monoisotopic (exact) mass is 278 g/mol. The number of nitrogens with one attached hydrogen (secondary N) is 1. The first-order valence-electron chi connectivity index (χ1n) is 6.34. The van der Waals surface area contributed by atoms with Crippen molar-refractivity contribution in [1.82, 2.24) is 0 Å². The van der Waals surface area contributed by atoms with Gasteiger partial charge in [0.1, 0.15) is 5.82 Å². The summed E-state index contributed by atoms with van der Waals surface area (Å²) in [4.78, 5) is 0. The lowest BCUT2D eigenvalue weighted by molar-refractivity contribution is 0.495. The molecule has 1 aliphatic carbocycles. The van der Waals surface area contributed by atoms with E-state index in [1.165, 1.54) is 0 Å². The van der Waals surface area contributed by atoms with Crippen LogP contribution in [-0.4, -0.2) is 0 Å². The molecule has 2 aromatic carbocycles. The molecule has 104 valence electrons. The van der Waals surface area contributed by atoms with Crippen molar-refractivity contribution in [3.05, 3.63) is 58.9 Å². The molecule has 20 heavy (non-hydrogen) atoms. The van der Waals surface area contributed by atoms with Crippen molar-refractivity contribution in [1.29, 1.82) is 0 Å². The van der Waals surface area contributed by atoms with E-state index < -0.39 is 17.5 Å². The van der Waals surface area contributed by atoms with Gasteiger partial charge in [-0.1, -0.05) is 6.07 Å². The maximum Gasteiger partial charge on any atom is 0.161 e. The van der Waals surface area contributed by atoms with Crippen LogP contribution in [0.4, 0.5) is 24.5 Å². The van der Waals surface area contributed by atoms with E-state index in [1.807, 2.05) is 12.1 Å². The molecule has 0 heterocycles. The van der Waals surface area contributed by atoms with Crippen LogP contribution in [0.5, 0.6) is 0 Å². The number of fused-ring (bicyclic) bond motifs is 1. The minimum absolute atomic E-state index is 0.0291. The smallest absolute Gasteiger partial charge is 0.161 e. The molecular formula is C15H13F3N2. The number of benzene rings is 2. The summed E-state index contributed by atoms with van der Waals surface area (Å²) in [5.41, 5.74) is 8.49. The Balaban J connectivity index is 1.89. The van der Waals surface area contributed by atoms with E-state index in [1.54, 1.807) is 6.07 Å². The third-order valence-electron chi connectivity index (χ3n) is 3.58. The Morgan fingerprint density at radius 3 is 2.55 bits per heavy atom. The minimum atomic E-state index is -1.19. The van der Waals surface area contributed by atoms with E-state index >= 15 is 0 Å². The number of rotatable bonds is 2. The Morgan fingerprint density at radius 2 is 1.75 bits per heavy atom. The van der Waals surface area contributed by atoms with Crippen molar-refractivity contribution in [2.24, 2.45) is 0 Å². The highest BCUT2D eigenvalue weighted by atomic mass is 19.2. The maximum atomic E-state index is 13.6. The van der Waals surface area contributed by atoms with Crippen molar-refractivity contribution in [3.63, 3.8) is 0 Å². The molecule has 0 aliphatic heterocycles. The number of aryl methyl sites for hydroxylation is 1. The third-order valence-corrected chi connectivity index (χ3v) is 3.58. The zero-order valence-electron chi connectivity index (χ0n) is 10.6. The van der Waals surface area contributed by atoms with Gasteiger partial charge in [-0.3, -0.25) is 0 Å². The van der Waals surface area contributed by atoms with E-state index in [-0.39, 0.29) is 11.7 Å².